The Morgan fingerprint density at radius 2 is 1.72 bits per heavy atom. The molecular formula is C35H34F3N3O16. The number of imide groups is 1. The number of oxime groups is 1. The van der Waals surface area contributed by atoms with Crippen molar-refractivity contribution in [1.29, 1.82) is 0 Å². The summed E-state index contributed by atoms with van der Waals surface area (Å²) >= 11 is 0. The number of carbonyl (C=O) groups is 6. The van der Waals surface area contributed by atoms with Crippen molar-refractivity contribution in [1.82, 2.24) is 10.4 Å². The van der Waals surface area contributed by atoms with E-state index in [4.69, 9.17) is 19.0 Å². The van der Waals surface area contributed by atoms with Gasteiger partial charge in [0.25, 0.3) is 11.8 Å². The standard InChI is InChI=1S/C35H34F3N3O16/c1-13-28(46)16(39-33(51)35(36,37)38)8-23(55-13)56-18-10-34(52,19(11-42)40-54-12-22(45)57-41-20(43)6-7-21(41)44)9-15-25(18)32(50)27-26(30(15)48)29(47)14-4-3-5-17(53-2)24(14)31(27)49/h3-5,13,16,18,23,28,42,46,48,50,52H,6-12H2,1-2H3,(H,39,51)/b40-19-. The number of ketones is 2. The number of amides is 3. The molecule has 2 saturated heterocycles. The van der Waals surface area contributed by atoms with E-state index in [2.05, 4.69) is 9.99 Å². The number of hydrogen-bond donors (Lipinski definition) is 6. The van der Waals surface area contributed by atoms with Gasteiger partial charge in [-0.25, -0.2) is 4.79 Å². The predicted molar refractivity (Wildman–Crippen MR) is 177 cm³/mol. The summed E-state index contributed by atoms with van der Waals surface area (Å²) in [5.41, 5.74) is -5.74. The van der Waals surface area contributed by atoms with Crippen LogP contribution in [0.25, 0.3) is 0 Å². The van der Waals surface area contributed by atoms with Crippen molar-refractivity contribution >= 4 is 41.0 Å². The topological polar surface area (TPSA) is 277 Å². The summed E-state index contributed by atoms with van der Waals surface area (Å²) in [5.74, 6) is -9.00. The van der Waals surface area contributed by atoms with Crippen molar-refractivity contribution in [3.8, 4) is 17.2 Å². The lowest BCUT2D eigenvalue weighted by atomic mass is 9.71. The maximum atomic E-state index is 14.0. The number of hydrogen-bond acceptors (Lipinski definition) is 17. The molecule has 2 aromatic rings. The third kappa shape index (κ3) is 7.48. The number of phenols is 2. The molecule has 2 heterocycles. The number of aliphatic hydroxyl groups is 3. The van der Waals surface area contributed by atoms with Crippen LogP contribution in [0, 0.1) is 0 Å². The molecule has 0 spiro atoms. The zero-order valence-electron chi connectivity index (χ0n) is 29.8. The van der Waals surface area contributed by atoms with Gasteiger partial charge in [0.2, 0.25) is 12.4 Å². The molecule has 3 amide bonds. The van der Waals surface area contributed by atoms with Crippen molar-refractivity contribution in [3.63, 3.8) is 0 Å². The summed E-state index contributed by atoms with van der Waals surface area (Å²) in [6.07, 6.45) is -14.2. The lowest BCUT2D eigenvalue weighted by Gasteiger charge is -2.43. The molecular weight excluding hydrogens is 775 g/mol. The highest BCUT2D eigenvalue weighted by molar-refractivity contribution is 6.31. The Labute approximate surface area is 318 Å². The minimum Gasteiger partial charge on any atom is -0.507 e. The van der Waals surface area contributed by atoms with E-state index in [-0.39, 0.29) is 34.8 Å². The van der Waals surface area contributed by atoms with Crippen LogP contribution < -0.4 is 10.1 Å². The molecule has 2 aromatic carbocycles. The molecule has 306 valence electrons. The third-order valence-corrected chi connectivity index (χ3v) is 9.91. The average Bonchev–Trinajstić information content (AvgIpc) is 3.46. The number of aliphatic hydroxyl groups excluding tert-OH is 2. The van der Waals surface area contributed by atoms with Crippen LogP contribution in [0.1, 0.15) is 81.7 Å². The Bertz CT molecular complexity index is 2070. The van der Waals surface area contributed by atoms with E-state index < -0.39 is 150 Å². The Balaban J connectivity index is 1.39. The number of alkyl halides is 3. The predicted octanol–water partition coefficient (Wildman–Crippen LogP) is 0.132. The Hall–Kier alpha value is -5.68. The highest BCUT2D eigenvalue weighted by Crippen LogP contribution is 2.52. The first-order valence-electron chi connectivity index (χ1n) is 17.1. The fraction of sp³-hybridized carbons (Fsp3) is 0.457. The number of benzene rings is 2. The van der Waals surface area contributed by atoms with Gasteiger partial charge in [0.15, 0.2) is 12.1 Å². The molecule has 0 bridgehead atoms. The Morgan fingerprint density at radius 3 is 2.35 bits per heavy atom. The van der Waals surface area contributed by atoms with Crippen LogP contribution in [0.15, 0.2) is 23.4 Å². The number of phenolic OH excluding ortho intramolecular Hbond substituents is 2. The van der Waals surface area contributed by atoms with E-state index in [0.29, 0.717) is 0 Å². The molecule has 0 saturated carbocycles. The molecule has 0 radical (unpaired) electrons. The van der Waals surface area contributed by atoms with Crippen molar-refractivity contribution in [2.75, 3.05) is 20.3 Å². The third-order valence-electron chi connectivity index (χ3n) is 9.91. The first-order valence-corrected chi connectivity index (χ1v) is 17.1. The normalized spacial score (nSPS) is 26.1. The Morgan fingerprint density at radius 1 is 1.05 bits per heavy atom. The number of nitrogens with one attached hydrogen (secondary N) is 1. The summed E-state index contributed by atoms with van der Waals surface area (Å²) in [5, 5.41) is 62.0. The molecule has 4 aliphatic rings. The minimum absolute atomic E-state index is 0.0447. The number of fused-ring (bicyclic) bond motifs is 3. The molecule has 19 nitrogen and oxygen atoms in total. The number of ether oxygens (including phenoxy) is 3. The Kier molecular flexibility index (Phi) is 11.0. The van der Waals surface area contributed by atoms with Crippen LogP contribution in [0.4, 0.5) is 13.2 Å². The van der Waals surface area contributed by atoms with E-state index in [1.165, 1.54) is 32.2 Å². The lowest BCUT2D eigenvalue weighted by molar-refractivity contribution is -0.249. The van der Waals surface area contributed by atoms with Gasteiger partial charge in [0, 0.05) is 48.8 Å². The number of aromatic hydroxyl groups is 2. The van der Waals surface area contributed by atoms with Gasteiger partial charge in [-0.15, -0.1) is 5.06 Å². The van der Waals surface area contributed by atoms with Gasteiger partial charge in [0.1, 0.15) is 34.7 Å². The largest absolute Gasteiger partial charge is 0.507 e. The zero-order chi connectivity index (χ0) is 41.7. The molecule has 6 N–H and O–H groups in total. The second-order valence-electron chi connectivity index (χ2n) is 13.5. The molecule has 2 aliphatic carbocycles. The quantitative estimate of drug-likeness (QED) is 0.0687. The van der Waals surface area contributed by atoms with Crippen LogP contribution >= 0.6 is 0 Å². The number of rotatable bonds is 10. The van der Waals surface area contributed by atoms with Gasteiger partial charge >= 0.3 is 18.1 Å². The van der Waals surface area contributed by atoms with E-state index in [0.717, 1.165) is 0 Å². The number of carbonyl (C=O) groups excluding carboxylic acids is 6. The fourth-order valence-corrected chi connectivity index (χ4v) is 7.18. The van der Waals surface area contributed by atoms with Gasteiger partial charge in [0.05, 0.1) is 48.7 Å². The summed E-state index contributed by atoms with van der Waals surface area (Å²) in [4.78, 5) is 85.1. The maximum Gasteiger partial charge on any atom is 0.471 e. The molecule has 0 aromatic heterocycles. The van der Waals surface area contributed by atoms with Gasteiger partial charge in [-0.2, -0.15) is 13.2 Å². The monoisotopic (exact) mass is 809 g/mol. The summed E-state index contributed by atoms with van der Waals surface area (Å²) in [6.45, 7) is -0.928. The summed E-state index contributed by atoms with van der Waals surface area (Å²) < 4.78 is 56.4. The fourth-order valence-electron chi connectivity index (χ4n) is 7.18. The average molecular weight is 810 g/mol. The smallest absolute Gasteiger partial charge is 0.471 e. The molecule has 2 aliphatic heterocycles. The van der Waals surface area contributed by atoms with Crippen LogP contribution in [-0.2, 0) is 44.7 Å². The van der Waals surface area contributed by atoms with Crippen LogP contribution in [0.5, 0.6) is 17.2 Å². The van der Waals surface area contributed by atoms with Gasteiger partial charge in [-0.05, 0) is 13.0 Å². The molecule has 57 heavy (non-hydrogen) atoms. The van der Waals surface area contributed by atoms with Crippen LogP contribution in [0.3, 0.4) is 0 Å². The zero-order valence-corrected chi connectivity index (χ0v) is 29.8. The van der Waals surface area contributed by atoms with Gasteiger partial charge < -0.3 is 54.7 Å². The van der Waals surface area contributed by atoms with Crippen LogP contribution in [-0.4, -0.2) is 128 Å². The van der Waals surface area contributed by atoms with Crippen LogP contribution in [0.2, 0.25) is 0 Å². The highest BCUT2D eigenvalue weighted by atomic mass is 19.4. The maximum absolute atomic E-state index is 14.0. The highest BCUT2D eigenvalue weighted by Gasteiger charge is 2.51. The van der Waals surface area contributed by atoms with E-state index in [1.54, 1.807) is 5.32 Å². The molecule has 22 heteroatoms. The molecule has 6 atom stereocenters. The first-order chi connectivity index (χ1) is 26.8. The van der Waals surface area contributed by atoms with E-state index in [9.17, 15) is 67.5 Å². The van der Waals surface area contributed by atoms with Gasteiger partial charge in [-0.3, -0.25) is 24.0 Å². The number of halogens is 3. The van der Waals surface area contributed by atoms with E-state index >= 15 is 0 Å². The summed E-state index contributed by atoms with van der Waals surface area (Å²) in [7, 11) is 1.23. The van der Waals surface area contributed by atoms with Crippen molar-refractivity contribution < 1.29 is 91.4 Å². The summed E-state index contributed by atoms with van der Waals surface area (Å²) in [6, 6.07) is 2.44. The number of methoxy groups -OCH3 is 1. The molecule has 6 rings (SSSR count). The second-order valence-corrected chi connectivity index (χ2v) is 13.5. The SMILES string of the molecule is COc1cccc2c1C(=O)c1c(O)c3c(c(O)c1C2=O)CC(O)(/C(CO)=N\OCC(=O)ON1C(=O)CCC1=O)CC3OC1CC(NC(=O)C(F)(F)F)C(O)C(C)O1. The number of hydroxylamine groups is 2. The second kappa shape index (κ2) is 15.3. The molecule has 6 unspecified atom stereocenters. The lowest BCUT2D eigenvalue weighted by Crippen LogP contribution is -2.57. The first kappa shape index (κ1) is 41.0. The minimum atomic E-state index is -5.33. The van der Waals surface area contributed by atoms with Crippen molar-refractivity contribution in [2.24, 2.45) is 5.16 Å². The number of nitrogens with zero attached hydrogens (tertiary/aromatic N) is 2. The van der Waals surface area contributed by atoms with Crippen molar-refractivity contribution in [3.05, 3.63) is 51.6 Å². The van der Waals surface area contributed by atoms with E-state index in [1.807, 2.05) is 0 Å². The van der Waals surface area contributed by atoms with Gasteiger partial charge in [-0.1, -0.05) is 17.3 Å². The van der Waals surface area contributed by atoms with Crippen molar-refractivity contribution in [2.45, 2.75) is 81.4 Å². The molecule has 2 fully saturated rings.